The molecule has 0 fully saturated rings. The monoisotopic (exact) mass is 271 g/mol. The molecular weight excluding hydrogens is 262 g/mol. The third-order valence-corrected chi connectivity index (χ3v) is 2.82. The number of fused-ring (bicyclic) bond motifs is 1. The van der Waals surface area contributed by atoms with Crippen LogP contribution in [0.2, 0.25) is 0 Å². The number of aromatic nitrogens is 4. The SMILES string of the molecule is CCOC(=O)c1nc2ncc(S(N)(=O)=O)cn2n1. The van der Waals surface area contributed by atoms with Crippen LogP contribution >= 0.6 is 0 Å². The van der Waals surface area contributed by atoms with E-state index in [-0.39, 0.29) is 23.1 Å². The van der Waals surface area contributed by atoms with Crippen molar-refractivity contribution in [3.8, 4) is 0 Å². The van der Waals surface area contributed by atoms with E-state index < -0.39 is 16.0 Å². The Labute approximate surface area is 102 Å². The summed E-state index contributed by atoms with van der Waals surface area (Å²) < 4.78 is 28.0. The lowest BCUT2D eigenvalue weighted by Crippen LogP contribution is -2.13. The lowest BCUT2D eigenvalue weighted by molar-refractivity contribution is 0.0512. The molecule has 96 valence electrons. The van der Waals surface area contributed by atoms with Crippen molar-refractivity contribution in [3.05, 3.63) is 18.2 Å². The molecule has 0 amide bonds. The predicted octanol–water partition coefficient (Wildman–Crippen LogP) is -1.05. The smallest absolute Gasteiger partial charge is 0.378 e. The minimum atomic E-state index is -3.88. The van der Waals surface area contributed by atoms with Gasteiger partial charge in [-0.3, -0.25) is 0 Å². The van der Waals surface area contributed by atoms with Crippen LogP contribution in [0.15, 0.2) is 17.3 Å². The molecule has 0 aliphatic rings. The molecule has 0 aliphatic heterocycles. The van der Waals surface area contributed by atoms with Gasteiger partial charge in [0.15, 0.2) is 0 Å². The van der Waals surface area contributed by atoms with E-state index in [2.05, 4.69) is 15.1 Å². The van der Waals surface area contributed by atoms with E-state index in [4.69, 9.17) is 9.88 Å². The summed E-state index contributed by atoms with van der Waals surface area (Å²) in [5.41, 5.74) is 0. The van der Waals surface area contributed by atoms with Gasteiger partial charge in [0.05, 0.1) is 19.0 Å². The van der Waals surface area contributed by atoms with Crippen molar-refractivity contribution >= 4 is 21.8 Å². The Morgan fingerprint density at radius 2 is 2.28 bits per heavy atom. The maximum absolute atomic E-state index is 11.4. The zero-order chi connectivity index (χ0) is 13.3. The van der Waals surface area contributed by atoms with Gasteiger partial charge in [0.25, 0.3) is 11.6 Å². The Kier molecular flexibility index (Phi) is 2.97. The van der Waals surface area contributed by atoms with Gasteiger partial charge in [-0.05, 0) is 6.92 Å². The van der Waals surface area contributed by atoms with Crippen molar-refractivity contribution in [2.45, 2.75) is 11.8 Å². The van der Waals surface area contributed by atoms with Gasteiger partial charge in [0.2, 0.25) is 10.0 Å². The van der Waals surface area contributed by atoms with Crippen LogP contribution < -0.4 is 5.14 Å². The minimum absolute atomic E-state index is 0.0745. The van der Waals surface area contributed by atoms with Crippen LogP contribution in [-0.2, 0) is 14.8 Å². The van der Waals surface area contributed by atoms with Crippen LogP contribution in [0.4, 0.5) is 0 Å². The molecule has 0 radical (unpaired) electrons. The number of hydrogen-bond donors (Lipinski definition) is 1. The molecular formula is C8H9N5O4S. The molecule has 2 N–H and O–H groups in total. The van der Waals surface area contributed by atoms with Crippen LogP contribution in [0, 0.1) is 0 Å². The summed E-state index contributed by atoms with van der Waals surface area (Å²) in [6.07, 6.45) is 2.15. The second-order valence-corrected chi connectivity index (χ2v) is 4.80. The standard InChI is InChI=1S/C8H9N5O4S/c1-2-17-7(14)6-11-8-10-3-5(18(9,15)16)4-13(8)12-6/h3-4H,2H2,1H3,(H2,9,15,16). The molecule has 0 saturated heterocycles. The quantitative estimate of drug-likeness (QED) is 0.705. The molecule has 18 heavy (non-hydrogen) atoms. The molecule has 0 bridgehead atoms. The predicted molar refractivity (Wildman–Crippen MR) is 58.1 cm³/mol. The van der Waals surface area contributed by atoms with Crippen LogP contribution in [0.3, 0.4) is 0 Å². The summed E-state index contributed by atoms with van der Waals surface area (Å²) in [5, 5.41) is 8.70. The molecule has 0 aliphatic carbocycles. The number of sulfonamides is 1. The second-order valence-electron chi connectivity index (χ2n) is 3.24. The maximum atomic E-state index is 11.4. The highest BCUT2D eigenvalue weighted by molar-refractivity contribution is 7.89. The zero-order valence-corrected chi connectivity index (χ0v) is 10.1. The van der Waals surface area contributed by atoms with Crippen molar-refractivity contribution in [2.24, 2.45) is 5.14 Å². The number of carbonyl (C=O) groups is 1. The van der Waals surface area contributed by atoms with Gasteiger partial charge in [-0.25, -0.2) is 27.9 Å². The average molecular weight is 271 g/mol. The first-order valence-corrected chi connectivity index (χ1v) is 6.39. The van der Waals surface area contributed by atoms with Crippen molar-refractivity contribution < 1.29 is 17.9 Å². The van der Waals surface area contributed by atoms with Crippen molar-refractivity contribution in [1.29, 1.82) is 0 Å². The van der Waals surface area contributed by atoms with E-state index >= 15 is 0 Å². The molecule has 2 aromatic heterocycles. The van der Waals surface area contributed by atoms with Crippen molar-refractivity contribution in [2.75, 3.05) is 6.61 Å². The molecule has 0 atom stereocenters. The Morgan fingerprint density at radius 1 is 1.56 bits per heavy atom. The van der Waals surface area contributed by atoms with E-state index in [9.17, 15) is 13.2 Å². The highest BCUT2D eigenvalue weighted by atomic mass is 32.2. The van der Waals surface area contributed by atoms with Gasteiger partial charge in [-0.15, -0.1) is 5.10 Å². The molecule has 2 heterocycles. The van der Waals surface area contributed by atoms with E-state index in [0.717, 1.165) is 16.9 Å². The fourth-order valence-electron chi connectivity index (χ4n) is 1.19. The Balaban J connectivity index is 2.49. The lowest BCUT2D eigenvalue weighted by Gasteiger charge is -1.96. The number of primary sulfonamides is 1. The number of carbonyl (C=O) groups excluding carboxylic acids is 1. The zero-order valence-electron chi connectivity index (χ0n) is 9.27. The summed E-state index contributed by atoms with van der Waals surface area (Å²) in [4.78, 5) is 18.7. The summed E-state index contributed by atoms with van der Waals surface area (Å²) in [6, 6.07) is 0. The van der Waals surface area contributed by atoms with Gasteiger partial charge in [0, 0.05) is 0 Å². The van der Waals surface area contributed by atoms with Gasteiger partial charge < -0.3 is 4.74 Å². The van der Waals surface area contributed by atoms with Crippen molar-refractivity contribution in [1.82, 2.24) is 19.6 Å². The van der Waals surface area contributed by atoms with Crippen molar-refractivity contribution in [3.63, 3.8) is 0 Å². The number of hydrogen-bond acceptors (Lipinski definition) is 7. The first-order chi connectivity index (χ1) is 8.41. The maximum Gasteiger partial charge on any atom is 0.378 e. The molecule has 10 heteroatoms. The minimum Gasteiger partial charge on any atom is -0.460 e. The average Bonchev–Trinajstić information content (AvgIpc) is 2.70. The highest BCUT2D eigenvalue weighted by Gasteiger charge is 2.16. The van der Waals surface area contributed by atoms with Crippen LogP contribution in [0.25, 0.3) is 5.78 Å². The Morgan fingerprint density at radius 3 is 2.89 bits per heavy atom. The molecule has 0 saturated carbocycles. The van der Waals surface area contributed by atoms with Gasteiger partial charge >= 0.3 is 5.97 Å². The molecule has 0 spiro atoms. The number of ether oxygens (including phenoxy) is 1. The van der Waals surface area contributed by atoms with E-state index in [0.29, 0.717) is 0 Å². The highest BCUT2D eigenvalue weighted by Crippen LogP contribution is 2.06. The van der Waals surface area contributed by atoms with Crippen LogP contribution in [0.5, 0.6) is 0 Å². The first kappa shape index (κ1) is 12.4. The van der Waals surface area contributed by atoms with Crippen LogP contribution in [-0.4, -0.2) is 40.6 Å². The topological polar surface area (TPSA) is 130 Å². The summed E-state index contributed by atoms with van der Waals surface area (Å²) in [7, 11) is -3.88. The van der Waals surface area contributed by atoms with Gasteiger partial charge in [-0.2, -0.15) is 4.98 Å². The molecule has 9 nitrogen and oxygen atoms in total. The molecule has 0 unspecified atom stereocenters. The fraction of sp³-hybridized carbons (Fsp3) is 0.250. The molecule has 0 aromatic carbocycles. The number of esters is 1. The summed E-state index contributed by atoms with van der Waals surface area (Å²) in [5.74, 6) is -0.832. The van der Waals surface area contributed by atoms with Crippen LogP contribution in [0.1, 0.15) is 17.5 Å². The van der Waals surface area contributed by atoms with Gasteiger partial charge in [-0.1, -0.05) is 0 Å². The number of nitrogens with zero attached hydrogens (tertiary/aromatic N) is 4. The van der Waals surface area contributed by atoms with E-state index in [1.54, 1.807) is 6.92 Å². The Hall–Kier alpha value is -2.07. The summed E-state index contributed by atoms with van der Waals surface area (Å²) in [6.45, 7) is 1.83. The largest absolute Gasteiger partial charge is 0.460 e. The molecule has 2 rings (SSSR count). The van der Waals surface area contributed by atoms with E-state index in [1.165, 1.54) is 0 Å². The molecule has 2 aromatic rings. The fourth-order valence-corrected chi connectivity index (χ4v) is 1.64. The lowest BCUT2D eigenvalue weighted by atomic mass is 10.6. The van der Waals surface area contributed by atoms with Gasteiger partial charge in [0.1, 0.15) is 4.90 Å². The number of nitrogens with two attached hydrogens (primary N) is 1. The third kappa shape index (κ3) is 2.28. The first-order valence-electron chi connectivity index (χ1n) is 4.84. The third-order valence-electron chi connectivity index (χ3n) is 1.96. The van der Waals surface area contributed by atoms with E-state index in [1.807, 2.05) is 0 Å². The second kappa shape index (κ2) is 4.31. The summed E-state index contributed by atoms with van der Waals surface area (Å²) >= 11 is 0. The number of rotatable bonds is 3. The Bertz CT molecular complexity index is 707. The normalized spacial score (nSPS) is 11.7.